The minimum Gasteiger partial charge on any atom is -0.377 e. The number of primary amides is 1. The van der Waals surface area contributed by atoms with Crippen LogP contribution in [0, 0.1) is 0 Å². The highest BCUT2D eigenvalue weighted by Crippen LogP contribution is 2.30. The van der Waals surface area contributed by atoms with Crippen molar-refractivity contribution < 1.29 is 9.18 Å². The second-order valence-corrected chi connectivity index (χ2v) is 6.65. The Kier molecular flexibility index (Phi) is 4.20. The smallest absolute Gasteiger partial charge is 0.252 e. The average Bonchev–Trinajstić information content (AvgIpc) is 2.99. The van der Waals surface area contributed by atoms with E-state index in [4.69, 9.17) is 5.73 Å². The van der Waals surface area contributed by atoms with Crippen LogP contribution in [-0.4, -0.2) is 27.2 Å². The van der Waals surface area contributed by atoms with Crippen LogP contribution in [-0.2, 0) is 0 Å². The average molecular weight is 340 g/mol. The van der Waals surface area contributed by atoms with Gasteiger partial charge in [0.2, 0.25) is 0 Å². The molecule has 0 aliphatic carbocycles. The van der Waals surface area contributed by atoms with Gasteiger partial charge in [-0.3, -0.25) is 4.79 Å². The number of nitrogens with one attached hydrogen (secondary N) is 1. The molecule has 0 unspecified atom stereocenters. The van der Waals surface area contributed by atoms with Crippen molar-refractivity contribution >= 4 is 17.1 Å². The molecule has 0 radical (unpaired) electrons. The van der Waals surface area contributed by atoms with Crippen molar-refractivity contribution in [3.8, 4) is 11.1 Å². The van der Waals surface area contributed by atoms with Crippen LogP contribution in [0.3, 0.4) is 0 Å². The van der Waals surface area contributed by atoms with Gasteiger partial charge in [-0.15, -0.1) is 0 Å². The Morgan fingerprint density at radius 3 is 2.56 bits per heavy atom. The highest BCUT2D eigenvalue weighted by atomic mass is 19.1. The summed E-state index contributed by atoms with van der Waals surface area (Å²) in [6, 6.07) is 11.2. The van der Waals surface area contributed by atoms with Gasteiger partial charge < -0.3 is 11.1 Å². The van der Waals surface area contributed by atoms with Crippen molar-refractivity contribution in [3.63, 3.8) is 0 Å². The zero-order valence-corrected chi connectivity index (χ0v) is 14.5. The normalized spacial score (nSPS) is 13.0. The minimum atomic E-state index is -1.47. The molecule has 0 bridgehead atoms. The number of fused-ring (bicyclic) bond motifs is 1. The Morgan fingerprint density at radius 1 is 1.28 bits per heavy atom. The van der Waals surface area contributed by atoms with Gasteiger partial charge in [0.1, 0.15) is 5.67 Å². The van der Waals surface area contributed by atoms with Gasteiger partial charge in [-0.2, -0.15) is 5.10 Å². The van der Waals surface area contributed by atoms with Gasteiger partial charge in [0.25, 0.3) is 5.91 Å². The molecule has 3 N–H and O–H groups in total. The number of nitrogens with two attached hydrogens (primary N) is 1. The topological polar surface area (TPSA) is 72.4 Å². The van der Waals surface area contributed by atoms with Crippen LogP contribution in [0.5, 0.6) is 0 Å². The standard InChI is InChI=1S/C19H21FN4O/c1-12(19(2,3)20)23-17-15(18(21)25)10-22-24-11-14(9-16(17)24)13-7-5-4-6-8-13/h4-12,23H,1-3H3,(H2,21,25)/t12-/m1/s1. The lowest BCUT2D eigenvalue weighted by Crippen LogP contribution is -2.36. The van der Waals surface area contributed by atoms with Crippen molar-refractivity contribution in [2.45, 2.75) is 32.5 Å². The molecule has 0 spiro atoms. The first-order valence-corrected chi connectivity index (χ1v) is 8.09. The summed E-state index contributed by atoms with van der Waals surface area (Å²) in [6.07, 6.45) is 3.27. The molecule has 0 fully saturated rings. The number of nitrogens with zero attached hydrogens (tertiary/aromatic N) is 2. The van der Waals surface area contributed by atoms with E-state index < -0.39 is 17.6 Å². The highest BCUT2D eigenvalue weighted by Gasteiger charge is 2.27. The van der Waals surface area contributed by atoms with E-state index in [0.29, 0.717) is 11.2 Å². The summed E-state index contributed by atoms with van der Waals surface area (Å²) in [7, 11) is 0. The van der Waals surface area contributed by atoms with Crippen LogP contribution >= 0.6 is 0 Å². The molecule has 0 saturated carbocycles. The lowest BCUT2D eigenvalue weighted by atomic mass is 10.0. The number of aromatic nitrogens is 2. The Balaban J connectivity index is 2.15. The van der Waals surface area contributed by atoms with Crippen LogP contribution in [0.15, 0.2) is 48.8 Å². The summed E-state index contributed by atoms with van der Waals surface area (Å²) in [6.45, 7) is 4.70. The number of amides is 1. The molecule has 130 valence electrons. The minimum absolute atomic E-state index is 0.237. The van der Waals surface area contributed by atoms with E-state index in [9.17, 15) is 9.18 Å². The Labute approximate surface area is 145 Å². The van der Waals surface area contributed by atoms with Gasteiger partial charge in [0.15, 0.2) is 0 Å². The van der Waals surface area contributed by atoms with Crippen molar-refractivity contribution in [1.29, 1.82) is 0 Å². The number of hydrogen-bond acceptors (Lipinski definition) is 3. The Hall–Kier alpha value is -2.89. The second kappa shape index (κ2) is 6.20. The van der Waals surface area contributed by atoms with Crippen LogP contribution < -0.4 is 11.1 Å². The molecule has 1 atom stereocenters. The molecular formula is C19H21FN4O. The highest BCUT2D eigenvalue weighted by molar-refractivity contribution is 6.02. The number of rotatable bonds is 5. The van der Waals surface area contributed by atoms with Gasteiger partial charge in [0, 0.05) is 11.8 Å². The first-order valence-electron chi connectivity index (χ1n) is 8.09. The second-order valence-electron chi connectivity index (χ2n) is 6.65. The summed E-state index contributed by atoms with van der Waals surface area (Å²) in [5, 5.41) is 7.36. The number of benzene rings is 1. The molecule has 2 aromatic heterocycles. The van der Waals surface area contributed by atoms with E-state index in [2.05, 4.69) is 10.4 Å². The van der Waals surface area contributed by atoms with Crippen molar-refractivity contribution in [3.05, 3.63) is 54.4 Å². The first-order chi connectivity index (χ1) is 11.8. The van der Waals surface area contributed by atoms with Crippen molar-refractivity contribution in [1.82, 2.24) is 9.61 Å². The fourth-order valence-electron chi connectivity index (χ4n) is 2.57. The molecule has 5 nitrogen and oxygen atoms in total. The SMILES string of the molecule is C[C@@H](Nc1c(C(N)=O)cnn2cc(-c3ccccc3)cc12)C(C)(C)F. The zero-order valence-electron chi connectivity index (χ0n) is 14.5. The molecule has 6 heteroatoms. The van der Waals surface area contributed by atoms with Gasteiger partial charge in [-0.1, -0.05) is 30.3 Å². The van der Waals surface area contributed by atoms with Crippen LogP contribution in [0.4, 0.5) is 10.1 Å². The fourth-order valence-corrected chi connectivity index (χ4v) is 2.57. The van der Waals surface area contributed by atoms with Gasteiger partial charge in [-0.05, 0) is 32.4 Å². The third-order valence-corrected chi connectivity index (χ3v) is 4.40. The molecule has 25 heavy (non-hydrogen) atoms. The van der Waals surface area contributed by atoms with Crippen LogP contribution in [0.25, 0.3) is 16.6 Å². The van der Waals surface area contributed by atoms with Crippen LogP contribution in [0.1, 0.15) is 31.1 Å². The number of halogens is 1. The molecule has 1 amide bonds. The van der Waals surface area contributed by atoms with Gasteiger partial charge >= 0.3 is 0 Å². The molecule has 1 aromatic carbocycles. The summed E-state index contributed by atoms with van der Waals surface area (Å²) in [5.41, 5.74) is 7.39. The van der Waals surface area contributed by atoms with E-state index in [0.717, 1.165) is 11.1 Å². The third-order valence-electron chi connectivity index (χ3n) is 4.40. The quantitative estimate of drug-likeness (QED) is 0.745. The molecular weight excluding hydrogens is 319 g/mol. The van der Waals surface area contributed by atoms with E-state index in [1.807, 2.05) is 42.6 Å². The number of carbonyl (C=O) groups excluding carboxylic acids is 1. The van der Waals surface area contributed by atoms with Crippen molar-refractivity contribution in [2.75, 3.05) is 5.32 Å². The van der Waals surface area contributed by atoms with E-state index in [1.54, 1.807) is 11.4 Å². The first kappa shape index (κ1) is 17.0. The lowest BCUT2D eigenvalue weighted by Gasteiger charge is -2.26. The maximum absolute atomic E-state index is 14.3. The summed E-state index contributed by atoms with van der Waals surface area (Å²) >= 11 is 0. The van der Waals surface area contributed by atoms with Crippen LogP contribution in [0.2, 0.25) is 0 Å². The Morgan fingerprint density at radius 2 is 1.96 bits per heavy atom. The predicted molar refractivity (Wildman–Crippen MR) is 97.4 cm³/mol. The lowest BCUT2D eigenvalue weighted by molar-refractivity contribution is 0.1000. The van der Waals surface area contributed by atoms with Gasteiger partial charge in [0.05, 0.1) is 29.0 Å². The molecule has 3 rings (SSSR count). The number of hydrogen-bond donors (Lipinski definition) is 2. The number of anilines is 1. The number of alkyl halides is 1. The third kappa shape index (κ3) is 3.33. The van der Waals surface area contributed by atoms with E-state index in [1.165, 1.54) is 20.0 Å². The zero-order chi connectivity index (χ0) is 18.2. The molecule has 0 saturated heterocycles. The maximum atomic E-state index is 14.3. The largest absolute Gasteiger partial charge is 0.377 e. The monoisotopic (exact) mass is 340 g/mol. The maximum Gasteiger partial charge on any atom is 0.252 e. The van der Waals surface area contributed by atoms with Gasteiger partial charge in [-0.25, -0.2) is 8.91 Å². The van der Waals surface area contributed by atoms with E-state index in [-0.39, 0.29) is 5.56 Å². The molecule has 0 aliphatic rings. The molecule has 0 aliphatic heterocycles. The Bertz CT molecular complexity index is 912. The predicted octanol–water partition coefficient (Wildman–Crippen LogP) is 3.65. The molecule has 2 heterocycles. The summed E-state index contributed by atoms with van der Waals surface area (Å²) < 4.78 is 15.9. The fraction of sp³-hybridized carbons (Fsp3) is 0.263. The molecule has 3 aromatic rings. The van der Waals surface area contributed by atoms with E-state index >= 15 is 0 Å². The van der Waals surface area contributed by atoms with Crippen molar-refractivity contribution in [2.24, 2.45) is 5.73 Å². The summed E-state index contributed by atoms with van der Waals surface area (Å²) in [5.74, 6) is -0.608. The number of carbonyl (C=O) groups is 1. The summed E-state index contributed by atoms with van der Waals surface area (Å²) in [4.78, 5) is 11.8.